The molecule has 1 amide bonds. The Hall–Kier alpha value is -2.81. The van der Waals surface area contributed by atoms with E-state index in [4.69, 9.17) is 4.74 Å². The second-order valence-electron chi connectivity index (χ2n) is 8.96. The fraction of sp³-hybridized carbons (Fsp3) is 0.393. The Bertz CT molecular complexity index is 1050. The van der Waals surface area contributed by atoms with E-state index in [0.717, 1.165) is 59.9 Å². The zero-order valence-corrected chi connectivity index (χ0v) is 18.9. The van der Waals surface area contributed by atoms with E-state index in [0.29, 0.717) is 0 Å². The fourth-order valence-electron chi connectivity index (χ4n) is 4.70. The van der Waals surface area contributed by atoms with Crippen LogP contribution >= 0.6 is 0 Å². The van der Waals surface area contributed by atoms with Gasteiger partial charge in [-0.25, -0.2) is 0 Å². The van der Waals surface area contributed by atoms with E-state index >= 15 is 0 Å². The van der Waals surface area contributed by atoms with Crippen LogP contribution in [0.5, 0.6) is 5.75 Å². The van der Waals surface area contributed by atoms with Crippen molar-refractivity contribution in [2.75, 3.05) is 5.32 Å². The molecule has 0 unspecified atom stereocenters. The van der Waals surface area contributed by atoms with Crippen molar-refractivity contribution >= 4 is 22.4 Å². The van der Waals surface area contributed by atoms with E-state index in [1.807, 2.05) is 24.3 Å². The van der Waals surface area contributed by atoms with Crippen molar-refractivity contribution < 1.29 is 9.53 Å². The van der Waals surface area contributed by atoms with E-state index < -0.39 is 5.41 Å². The lowest BCUT2D eigenvalue weighted by molar-refractivity contribution is -0.122. The second-order valence-corrected chi connectivity index (χ2v) is 8.96. The van der Waals surface area contributed by atoms with E-state index in [2.05, 4.69) is 62.5 Å². The number of anilines is 1. The SMILES string of the molecule is CC[C@@H](C)Oc1ccc(NC(=O)C2(c3ccc(C)cc3)CCCCC2)c2ccccc12. The fourth-order valence-corrected chi connectivity index (χ4v) is 4.70. The quantitative estimate of drug-likeness (QED) is 0.463. The first kappa shape index (κ1) is 21.4. The highest BCUT2D eigenvalue weighted by molar-refractivity contribution is 6.07. The van der Waals surface area contributed by atoms with E-state index in [-0.39, 0.29) is 12.0 Å². The van der Waals surface area contributed by atoms with Crippen molar-refractivity contribution in [1.82, 2.24) is 0 Å². The summed E-state index contributed by atoms with van der Waals surface area (Å²) in [5, 5.41) is 5.36. The molecule has 0 bridgehead atoms. The Morgan fingerprint density at radius 3 is 2.32 bits per heavy atom. The summed E-state index contributed by atoms with van der Waals surface area (Å²) in [5.74, 6) is 0.977. The molecule has 1 N–H and O–H groups in total. The number of amides is 1. The van der Waals surface area contributed by atoms with Crippen LogP contribution in [0.1, 0.15) is 63.5 Å². The predicted molar refractivity (Wildman–Crippen MR) is 129 cm³/mol. The van der Waals surface area contributed by atoms with Crippen LogP contribution in [0.15, 0.2) is 60.7 Å². The van der Waals surface area contributed by atoms with Gasteiger partial charge in [-0.1, -0.05) is 80.3 Å². The van der Waals surface area contributed by atoms with Gasteiger partial charge in [0.25, 0.3) is 0 Å². The van der Waals surface area contributed by atoms with Crippen molar-refractivity contribution in [2.45, 2.75) is 70.8 Å². The van der Waals surface area contributed by atoms with Crippen molar-refractivity contribution in [3.63, 3.8) is 0 Å². The van der Waals surface area contributed by atoms with Gasteiger partial charge < -0.3 is 10.1 Å². The van der Waals surface area contributed by atoms with Crippen LogP contribution in [0.3, 0.4) is 0 Å². The zero-order valence-electron chi connectivity index (χ0n) is 18.9. The number of rotatable bonds is 6. The van der Waals surface area contributed by atoms with Crippen LogP contribution in [0, 0.1) is 6.92 Å². The molecule has 0 aliphatic heterocycles. The van der Waals surface area contributed by atoms with Crippen LogP contribution in [0.25, 0.3) is 10.8 Å². The number of aryl methyl sites for hydroxylation is 1. The van der Waals surface area contributed by atoms with Gasteiger partial charge in [0, 0.05) is 16.5 Å². The maximum Gasteiger partial charge on any atom is 0.235 e. The van der Waals surface area contributed by atoms with Crippen molar-refractivity contribution in [3.05, 3.63) is 71.8 Å². The molecule has 31 heavy (non-hydrogen) atoms. The molecule has 3 aromatic rings. The van der Waals surface area contributed by atoms with Gasteiger partial charge in [0.1, 0.15) is 5.75 Å². The van der Waals surface area contributed by atoms with Crippen LogP contribution in [0.2, 0.25) is 0 Å². The number of carbonyl (C=O) groups excluding carboxylic acids is 1. The summed E-state index contributed by atoms with van der Waals surface area (Å²) in [6.07, 6.45) is 6.27. The first-order valence-electron chi connectivity index (χ1n) is 11.6. The van der Waals surface area contributed by atoms with Crippen molar-refractivity contribution in [1.29, 1.82) is 0 Å². The molecule has 1 aliphatic rings. The van der Waals surface area contributed by atoms with Gasteiger partial charge in [0.15, 0.2) is 0 Å². The highest BCUT2D eigenvalue weighted by Crippen LogP contribution is 2.41. The van der Waals surface area contributed by atoms with Crippen molar-refractivity contribution in [2.24, 2.45) is 0 Å². The summed E-state index contributed by atoms with van der Waals surface area (Å²) in [5.41, 5.74) is 2.75. The highest BCUT2D eigenvalue weighted by atomic mass is 16.5. The molecule has 0 heterocycles. The lowest BCUT2D eigenvalue weighted by atomic mass is 9.68. The molecule has 4 rings (SSSR count). The Kier molecular flexibility index (Phi) is 6.31. The van der Waals surface area contributed by atoms with Gasteiger partial charge in [-0.15, -0.1) is 0 Å². The van der Waals surface area contributed by atoms with E-state index in [9.17, 15) is 4.79 Å². The highest BCUT2D eigenvalue weighted by Gasteiger charge is 2.41. The van der Waals surface area contributed by atoms with Gasteiger partial charge in [-0.3, -0.25) is 4.79 Å². The molecule has 3 nitrogen and oxygen atoms in total. The number of hydrogen-bond donors (Lipinski definition) is 1. The second kappa shape index (κ2) is 9.13. The summed E-state index contributed by atoms with van der Waals surface area (Å²) >= 11 is 0. The number of benzene rings is 3. The minimum absolute atomic E-state index is 0.108. The number of nitrogens with one attached hydrogen (secondary N) is 1. The van der Waals surface area contributed by atoms with Gasteiger partial charge >= 0.3 is 0 Å². The number of ether oxygens (including phenoxy) is 1. The molecular weight excluding hydrogens is 382 g/mol. The first-order valence-corrected chi connectivity index (χ1v) is 11.6. The molecule has 0 spiro atoms. The summed E-state index contributed by atoms with van der Waals surface area (Å²) in [6, 6.07) is 20.7. The molecular formula is C28H33NO2. The normalized spacial score (nSPS) is 16.6. The van der Waals surface area contributed by atoms with Crippen LogP contribution in [-0.4, -0.2) is 12.0 Å². The molecule has 3 heteroatoms. The van der Waals surface area contributed by atoms with Crippen molar-refractivity contribution in [3.8, 4) is 5.75 Å². The predicted octanol–water partition coefficient (Wildman–Crippen LogP) is 7.17. The summed E-state index contributed by atoms with van der Waals surface area (Å²) in [6.45, 7) is 6.29. The van der Waals surface area contributed by atoms with E-state index in [1.54, 1.807) is 0 Å². The number of carbonyl (C=O) groups is 1. The number of hydrogen-bond acceptors (Lipinski definition) is 2. The molecule has 1 saturated carbocycles. The van der Waals surface area contributed by atoms with E-state index in [1.165, 1.54) is 12.0 Å². The Morgan fingerprint density at radius 2 is 1.65 bits per heavy atom. The largest absolute Gasteiger partial charge is 0.490 e. The molecule has 1 aliphatic carbocycles. The Morgan fingerprint density at radius 1 is 0.968 bits per heavy atom. The molecule has 162 valence electrons. The van der Waals surface area contributed by atoms with Gasteiger partial charge in [0.2, 0.25) is 5.91 Å². The monoisotopic (exact) mass is 415 g/mol. The average molecular weight is 416 g/mol. The lowest BCUT2D eigenvalue weighted by Crippen LogP contribution is -2.42. The molecule has 0 radical (unpaired) electrons. The smallest absolute Gasteiger partial charge is 0.235 e. The lowest BCUT2D eigenvalue weighted by Gasteiger charge is -2.36. The molecule has 1 atom stereocenters. The first-order chi connectivity index (χ1) is 15.0. The third-order valence-electron chi connectivity index (χ3n) is 6.78. The molecule has 3 aromatic carbocycles. The summed E-state index contributed by atoms with van der Waals surface area (Å²) in [7, 11) is 0. The average Bonchev–Trinajstić information content (AvgIpc) is 2.81. The summed E-state index contributed by atoms with van der Waals surface area (Å²) in [4.78, 5) is 13.8. The molecule has 0 saturated heterocycles. The maximum atomic E-state index is 13.8. The zero-order chi connectivity index (χ0) is 21.8. The summed E-state index contributed by atoms with van der Waals surface area (Å²) < 4.78 is 6.14. The van der Waals surface area contributed by atoms with Gasteiger partial charge in [0.05, 0.1) is 11.5 Å². The van der Waals surface area contributed by atoms with Gasteiger partial charge in [-0.2, -0.15) is 0 Å². The third kappa shape index (κ3) is 4.32. The topological polar surface area (TPSA) is 38.3 Å². The van der Waals surface area contributed by atoms with Crippen LogP contribution in [0.4, 0.5) is 5.69 Å². The van der Waals surface area contributed by atoms with Gasteiger partial charge in [-0.05, 0) is 50.8 Å². The number of fused-ring (bicyclic) bond motifs is 1. The minimum atomic E-state index is -0.459. The maximum absolute atomic E-state index is 13.8. The minimum Gasteiger partial charge on any atom is -0.490 e. The third-order valence-corrected chi connectivity index (χ3v) is 6.78. The standard InChI is InChI=1S/C28H33NO2/c1-4-21(3)31-26-17-16-25(23-10-6-7-11-24(23)26)29-27(30)28(18-8-5-9-19-28)22-14-12-20(2)13-15-22/h6-7,10-17,21H,4-5,8-9,18-19H2,1-3H3,(H,29,30)/t21-/m1/s1. The molecule has 1 fully saturated rings. The molecule has 0 aromatic heterocycles. The Balaban J connectivity index is 1.69. The Labute approximate surface area is 185 Å². The van der Waals surface area contributed by atoms with Crippen LogP contribution in [-0.2, 0) is 10.2 Å². The van der Waals surface area contributed by atoms with Crippen LogP contribution < -0.4 is 10.1 Å².